The van der Waals surface area contributed by atoms with Gasteiger partial charge in [0.25, 0.3) is 0 Å². The molecule has 0 amide bonds. The highest BCUT2D eigenvalue weighted by molar-refractivity contribution is 5.92. The number of carbonyl (C=O) groups is 1. The van der Waals surface area contributed by atoms with Gasteiger partial charge in [0.2, 0.25) is 0 Å². The molecule has 0 unspecified atom stereocenters. The van der Waals surface area contributed by atoms with Crippen molar-refractivity contribution < 1.29 is 18.7 Å². The van der Waals surface area contributed by atoms with Gasteiger partial charge in [-0.15, -0.1) is 0 Å². The van der Waals surface area contributed by atoms with Crippen LogP contribution >= 0.6 is 0 Å². The maximum Gasteiger partial charge on any atom is 0.351 e. The monoisotopic (exact) mass is 248 g/mol. The minimum Gasteiger partial charge on any atom is -0.494 e. The number of methoxy groups -OCH3 is 1. The molecular weight excluding hydrogens is 236 g/mol. The van der Waals surface area contributed by atoms with Crippen molar-refractivity contribution in [2.75, 3.05) is 13.7 Å². The molecule has 5 heteroatoms. The highest BCUT2D eigenvalue weighted by atomic mass is 16.5. The molecule has 0 saturated heterocycles. The average molecular weight is 248 g/mol. The lowest BCUT2D eigenvalue weighted by atomic mass is 10.2. The first kappa shape index (κ1) is 12.2. The van der Waals surface area contributed by atoms with Gasteiger partial charge in [0.15, 0.2) is 0 Å². The minimum absolute atomic E-state index is 0.117. The van der Waals surface area contributed by atoms with Crippen molar-refractivity contribution in [3.05, 3.63) is 40.2 Å². The Kier molecular flexibility index (Phi) is 3.32. The molecule has 0 saturated carbocycles. The molecule has 1 aromatic carbocycles. The van der Waals surface area contributed by atoms with Gasteiger partial charge in [-0.2, -0.15) is 0 Å². The Labute approximate surface area is 103 Å². The zero-order chi connectivity index (χ0) is 13.1. The predicted octanol–water partition coefficient (Wildman–Crippen LogP) is 1.98. The Morgan fingerprint density at radius 3 is 2.78 bits per heavy atom. The third-order valence-electron chi connectivity index (χ3n) is 2.42. The van der Waals surface area contributed by atoms with Crippen LogP contribution in [0.15, 0.2) is 33.5 Å². The maximum absolute atomic E-state index is 11.6. The van der Waals surface area contributed by atoms with Crippen molar-refractivity contribution in [1.82, 2.24) is 0 Å². The van der Waals surface area contributed by atoms with Gasteiger partial charge in [0, 0.05) is 11.5 Å². The van der Waals surface area contributed by atoms with Gasteiger partial charge in [-0.3, -0.25) is 0 Å². The Morgan fingerprint density at radius 1 is 1.33 bits per heavy atom. The van der Waals surface area contributed by atoms with E-state index in [4.69, 9.17) is 9.15 Å². The first-order chi connectivity index (χ1) is 8.65. The van der Waals surface area contributed by atoms with Gasteiger partial charge < -0.3 is 13.9 Å². The number of carbonyl (C=O) groups excluding carboxylic acids is 1. The fourth-order valence-corrected chi connectivity index (χ4v) is 1.60. The van der Waals surface area contributed by atoms with Crippen molar-refractivity contribution in [2.24, 2.45) is 0 Å². The topological polar surface area (TPSA) is 65.7 Å². The summed E-state index contributed by atoms with van der Waals surface area (Å²) < 4.78 is 14.9. The zero-order valence-electron chi connectivity index (χ0n) is 10.1. The van der Waals surface area contributed by atoms with Crippen molar-refractivity contribution in [3.8, 4) is 5.75 Å². The molecule has 1 heterocycles. The van der Waals surface area contributed by atoms with E-state index in [1.54, 1.807) is 18.2 Å². The summed E-state index contributed by atoms with van der Waals surface area (Å²) in [5.41, 5.74) is -0.462. The van der Waals surface area contributed by atoms with E-state index in [-0.39, 0.29) is 5.56 Å². The molecule has 0 atom stereocenters. The predicted molar refractivity (Wildman–Crippen MR) is 65.0 cm³/mol. The van der Waals surface area contributed by atoms with Gasteiger partial charge in [-0.05, 0) is 25.1 Å². The second kappa shape index (κ2) is 4.91. The van der Waals surface area contributed by atoms with Crippen LogP contribution in [0.3, 0.4) is 0 Å². The molecule has 0 aliphatic rings. The van der Waals surface area contributed by atoms with Crippen LogP contribution in [0.5, 0.6) is 5.75 Å². The summed E-state index contributed by atoms with van der Waals surface area (Å²) in [5.74, 6) is -0.0986. The second-order valence-electron chi connectivity index (χ2n) is 3.57. The summed E-state index contributed by atoms with van der Waals surface area (Å²) in [5, 5.41) is 0.637. The highest BCUT2D eigenvalue weighted by Gasteiger charge is 2.14. The number of esters is 1. The van der Waals surface area contributed by atoms with Crippen LogP contribution in [-0.2, 0) is 4.74 Å². The largest absolute Gasteiger partial charge is 0.494 e. The van der Waals surface area contributed by atoms with E-state index in [1.165, 1.54) is 13.2 Å². The van der Waals surface area contributed by atoms with E-state index >= 15 is 0 Å². The highest BCUT2D eigenvalue weighted by Crippen LogP contribution is 2.20. The fourth-order valence-electron chi connectivity index (χ4n) is 1.60. The summed E-state index contributed by atoms with van der Waals surface area (Å²) in [4.78, 5) is 22.9. The fraction of sp³-hybridized carbons (Fsp3) is 0.231. The second-order valence-corrected chi connectivity index (χ2v) is 3.57. The number of ether oxygens (including phenoxy) is 2. The Bertz CT molecular complexity index is 641. The quantitative estimate of drug-likeness (QED) is 0.613. The molecule has 18 heavy (non-hydrogen) atoms. The zero-order valence-corrected chi connectivity index (χ0v) is 10.1. The van der Waals surface area contributed by atoms with Gasteiger partial charge in [-0.1, -0.05) is 0 Å². The van der Waals surface area contributed by atoms with Crippen LogP contribution in [0.4, 0.5) is 0 Å². The lowest BCUT2D eigenvalue weighted by Gasteiger charge is -2.04. The van der Waals surface area contributed by atoms with Crippen LogP contribution in [-0.4, -0.2) is 19.7 Å². The Hall–Kier alpha value is -2.30. The van der Waals surface area contributed by atoms with Crippen molar-refractivity contribution in [2.45, 2.75) is 6.92 Å². The van der Waals surface area contributed by atoms with Gasteiger partial charge in [0.1, 0.15) is 16.9 Å². The van der Waals surface area contributed by atoms with E-state index in [0.717, 1.165) is 0 Å². The number of benzene rings is 1. The number of rotatable bonds is 3. The van der Waals surface area contributed by atoms with Crippen molar-refractivity contribution >= 4 is 16.9 Å². The molecule has 0 spiro atoms. The molecule has 2 aromatic rings. The number of hydrogen-bond donors (Lipinski definition) is 0. The van der Waals surface area contributed by atoms with E-state index < -0.39 is 11.6 Å². The van der Waals surface area contributed by atoms with Crippen LogP contribution in [0.25, 0.3) is 11.0 Å². The van der Waals surface area contributed by atoms with E-state index in [2.05, 4.69) is 4.74 Å². The van der Waals surface area contributed by atoms with Crippen LogP contribution < -0.4 is 10.4 Å². The van der Waals surface area contributed by atoms with Crippen LogP contribution in [0.2, 0.25) is 0 Å². The summed E-state index contributed by atoms with van der Waals surface area (Å²) in [6, 6.07) is 6.52. The molecule has 94 valence electrons. The summed E-state index contributed by atoms with van der Waals surface area (Å²) >= 11 is 0. The van der Waals surface area contributed by atoms with E-state index in [9.17, 15) is 9.59 Å². The third-order valence-corrected chi connectivity index (χ3v) is 2.42. The Balaban J connectivity index is 2.57. The Morgan fingerprint density at radius 2 is 2.11 bits per heavy atom. The minimum atomic E-state index is -0.719. The van der Waals surface area contributed by atoms with Gasteiger partial charge in [-0.25, -0.2) is 9.59 Å². The van der Waals surface area contributed by atoms with Crippen LogP contribution in [0, 0.1) is 0 Å². The number of hydrogen-bond acceptors (Lipinski definition) is 5. The molecule has 0 fully saturated rings. The summed E-state index contributed by atoms with van der Waals surface area (Å²) in [7, 11) is 1.21. The van der Waals surface area contributed by atoms with Gasteiger partial charge in [0.05, 0.1) is 13.7 Å². The third kappa shape index (κ3) is 2.20. The van der Waals surface area contributed by atoms with Crippen molar-refractivity contribution in [3.63, 3.8) is 0 Å². The molecule has 0 aliphatic carbocycles. The molecule has 0 aliphatic heterocycles. The molecule has 0 N–H and O–H groups in total. The molecular formula is C13H12O5. The van der Waals surface area contributed by atoms with Crippen molar-refractivity contribution in [1.29, 1.82) is 0 Å². The molecule has 5 nitrogen and oxygen atoms in total. The van der Waals surface area contributed by atoms with Crippen LogP contribution in [0.1, 0.15) is 17.3 Å². The van der Waals surface area contributed by atoms with E-state index in [1.807, 2.05) is 6.92 Å². The van der Waals surface area contributed by atoms with E-state index in [0.29, 0.717) is 23.3 Å². The first-order valence-corrected chi connectivity index (χ1v) is 5.44. The smallest absolute Gasteiger partial charge is 0.351 e. The first-order valence-electron chi connectivity index (χ1n) is 5.44. The SMILES string of the molecule is CCOc1ccc2cc(C(=O)OC)c(=O)oc2c1. The maximum atomic E-state index is 11.6. The lowest BCUT2D eigenvalue weighted by molar-refractivity contribution is 0.0596. The average Bonchev–Trinajstić information content (AvgIpc) is 2.37. The standard InChI is InChI=1S/C13H12O5/c1-3-17-9-5-4-8-6-10(12(14)16-2)13(15)18-11(8)7-9/h4-7H,3H2,1-2H3. The normalized spacial score (nSPS) is 10.3. The number of fused-ring (bicyclic) bond motifs is 1. The summed E-state index contributed by atoms with van der Waals surface area (Å²) in [6.45, 7) is 2.39. The lowest BCUT2D eigenvalue weighted by Crippen LogP contribution is -2.14. The molecule has 0 bridgehead atoms. The molecule has 1 aromatic heterocycles. The van der Waals surface area contributed by atoms with Gasteiger partial charge >= 0.3 is 11.6 Å². The molecule has 0 radical (unpaired) electrons. The summed E-state index contributed by atoms with van der Waals surface area (Å²) in [6.07, 6.45) is 0. The molecule has 2 rings (SSSR count).